The van der Waals surface area contributed by atoms with Gasteiger partial charge in [-0.15, -0.1) is 0 Å². The van der Waals surface area contributed by atoms with Crippen molar-refractivity contribution in [3.05, 3.63) is 17.0 Å². The number of amides is 2. The second-order valence-corrected chi connectivity index (χ2v) is 9.02. The van der Waals surface area contributed by atoms with Crippen molar-refractivity contribution in [2.45, 2.75) is 65.2 Å². The topological polar surface area (TPSA) is 69.3 Å². The summed E-state index contributed by atoms with van der Waals surface area (Å²) in [4.78, 5) is 29.1. The van der Waals surface area contributed by atoms with E-state index >= 15 is 0 Å². The maximum Gasteiger partial charge on any atom is 0.222 e. The molecule has 1 aromatic heterocycles. The van der Waals surface area contributed by atoms with Gasteiger partial charge in [-0.25, -0.2) is 0 Å². The van der Waals surface area contributed by atoms with Crippen LogP contribution in [0.2, 0.25) is 0 Å². The number of nitrogens with zero attached hydrogens (tertiary/aromatic N) is 3. The molecule has 3 fully saturated rings. The number of hydrogen-bond acceptors (Lipinski definition) is 3. The maximum absolute atomic E-state index is 12.7. The Balaban J connectivity index is 1.28. The summed E-state index contributed by atoms with van der Waals surface area (Å²) < 4.78 is 0. The Labute approximate surface area is 161 Å². The van der Waals surface area contributed by atoms with Crippen LogP contribution in [0, 0.1) is 25.2 Å². The van der Waals surface area contributed by atoms with Gasteiger partial charge in [0.15, 0.2) is 0 Å². The summed E-state index contributed by atoms with van der Waals surface area (Å²) in [6.07, 6.45) is 7.58. The lowest BCUT2D eigenvalue weighted by atomic mass is 9.72. The van der Waals surface area contributed by atoms with E-state index in [4.69, 9.17) is 0 Å². The molecule has 1 saturated carbocycles. The number of likely N-dealkylation sites (tertiary alicyclic amines) is 2. The van der Waals surface area contributed by atoms with Crippen LogP contribution in [0.4, 0.5) is 0 Å². The number of aromatic nitrogens is 2. The fraction of sp³-hybridized carbons (Fsp3) is 0.762. The zero-order chi connectivity index (χ0) is 19.0. The summed E-state index contributed by atoms with van der Waals surface area (Å²) in [6, 6.07) is 0. The smallest absolute Gasteiger partial charge is 0.222 e. The van der Waals surface area contributed by atoms with Crippen molar-refractivity contribution >= 4 is 11.8 Å². The van der Waals surface area contributed by atoms with Crippen molar-refractivity contribution in [3.8, 4) is 0 Å². The molecule has 27 heavy (non-hydrogen) atoms. The van der Waals surface area contributed by atoms with Crippen molar-refractivity contribution in [3.63, 3.8) is 0 Å². The van der Waals surface area contributed by atoms with Crippen LogP contribution in [0.3, 0.4) is 0 Å². The van der Waals surface area contributed by atoms with Gasteiger partial charge in [0.2, 0.25) is 11.8 Å². The van der Waals surface area contributed by atoms with Gasteiger partial charge in [-0.1, -0.05) is 0 Å². The highest BCUT2D eigenvalue weighted by molar-refractivity contribution is 5.78. The van der Waals surface area contributed by atoms with Crippen molar-refractivity contribution in [2.24, 2.45) is 11.3 Å². The first-order chi connectivity index (χ1) is 13.0. The van der Waals surface area contributed by atoms with E-state index in [1.807, 2.05) is 11.8 Å². The summed E-state index contributed by atoms with van der Waals surface area (Å²) in [7, 11) is 0. The van der Waals surface area contributed by atoms with Gasteiger partial charge in [0, 0.05) is 51.1 Å². The average Bonchev–Trinajstić information content (AvgIpc) is 3.43. The lowest BCUT2D eigenvalue weighted by Gasteiger charge is -2.47. The molecule has 148 valence electrons. The first-order valence-corrected chi connectivity index (χ1v) is 10.5. The molecule has 2 amide bonds. The summed E-state index contributed by atoms with van der Waals surface area (Å²) in [5.74, 6) is 1.34. The Bertz CT molecular complexity index is 714. The molecule has 0 atom stereocenters. The minimum absolute atomic E-state index is 0.242. The summed E-state index contributed by atoms with van der Waals surface area (Å²) in [5.41, 5.74) is 3.51. The highest BCUT2D eigenvalue weighted by atomic mass is 16.2. The first-order valence-electron chi connectivity index (χ1n) is 10.5. The molecule has 2 saturated heterocycles. The molecule has 1 aliphatic carbocycles. The van der Waals surface area contributed by atoms with Crippen LogP contribution in [-0.2, 0) is 16.0 Å². The zero-order valence-electron chi connectivity index (χ0n) is 16.7. The van der Waals surface area contributed by atoms with Crippen molar-refractivity contribution < 1.29 is 9.59 Å². The average molecular weight is 373 g/mol. The lowest BCUT2D eigenvalue weighted by Crippen LogP contribution is -2.52. The Hall–Kier alpha value is -1.85. The van der Waals surface area contributed by atoms with Gasteiger partial charge < -0.3 is 9.80 Å². The molecule has 0 bridgehead atoms. The number of H-pyrrole nitrogens is 1. The number of aryl methyl sites for hydroxylation is 2. The molecule has 1 N–H and O–H groups in total. The number of rotatable bonds is 5. The predicted molar refractivity (Wildman–Crippen MR) is 103 cm³/mol. The number of carbonyl (C=O) groups excluding carboxylic acids is 2. The normalized spacial score (nSPS) is 22.5. The molecule has 1 aromatic rings. The van der Waals surface area contributed by atoms with E-state index in [0.717, 1.165) is 62.7 Å². The molecule has 3 aliphatic rings. The maximum atomic E-state index is 12.7. The standard InChI is InChI=1S/C21H32N4O2/c1-15-16(2)22-23-18(15)5-6-19(26)24-11-9-21(10-12-24)8-7-20(27)25(14-21)13-17-3-4-17/h17H,3-14H2,1-2H3,(H,22,23). The molecule has 4 rings (SSSR count). The van der Waals surface area contributed by atoms with E-state index < -0.39 is 0 Å². The minimum atomic E-state index is 0.242. The van der Waals surface area contributed by atoms with Gasteiger partial charge in [0.05, 0.1) is 5.69 Å². The quantitative estimate of drug-likeness (QED) is 0.864. The number of nitrogens with one attached hydrogen (secondary N) is 1. The number of piperidine rings is 2. The summed E-state index contributed by atoms with van der Waals surface area (Å²) in [6.45, 7) is 7.62. The van der Waals surface area contributed by atoms with Gasteiger partial charge in [-0.2, -0.15) is 5.10 Å². The first kappa shape index (κ1) is 18.5. The second-order valence-electron chi connectivity index (χ2n) is 9.02. The van der Waals surface area contributed by atoms with Gasteiger partial charge in [-0.05, 0) is 62.8 Å². The van der Waals surface area contributed by atoms with Crippen LogP contribution in [0.15, 0.2) is 0 Å². The molecular weight excluding hydrogens is 340 g/mol. The Morgan fingerprint density at radius 1 is 1.22 bits per heavy atom. The van der Waals surface area contributed by atoms with Gasteiger partial charge in [-0.3, -0.25) is 14.7 Å². The highest BCUT2D eigenvalue weighted by Crippen LogP contribution is 2.41. The molecular formula is C21H32N4O2. The molecule has 6 heteroatoms. The number of hydrogen-bond donors (Lipinski definition) is 1. The second kappa shape index (κ2) is 7.28. The van der Waals surface area contributed by atoms with Gasteiger partial charge in [0.25, 0.3) is 0 Å². The summed E-state index contributed by atoms with van der Waals surface area (Å²) in [5, 5.41) is 7.31. The molecule has 0 radical (unpaired) electrons. The molecule has 2 aliphatic heterocycles. The largest absolute Gasteiger partial charge is 0.343 e. The van der Waals surface area contributed by atoms with Crippen LogP contribution in [0.1, 0.15) is 61.9 Å². The van der Waals surface area contributed by atoms with Crippen molar-refractivity contribution in [1.29, 1.82) is 0 Å². The van der Waals surface area contributed by atoms with E-state index in [1.54, 1.807) is 0 Å². The summed E-state index contributed by atoms with van der Waals surface area (Å²) >= 11 is 0. The molecule has 3 heterocycles. The van der Waals surface area contributed by atoms with Crippen LogP contribution in [0.25, 0.3) is 0 Å². The lowest BCUT2D eigenvalue weighted by molar-refractivity contribution is -0.142. The fourth-order valence-corrected chi connectivity index (χ4v) is 4.68. The monoisotopic (exact) mass is 372 g/mol. The van der Waals surface area contributed by atoms with E-state index in [-0.39, 0.29) is 11.3 Å². The van der Waals surface area contributed by atoms with Crippen LogP contribution in [0.5, 0.6) is 0 Å². The zero-order valence-corrected chi connectivity index (χ0v) is 16.7. The third-order valence-electron chi connectivity index (χ3n) is 7.03. The van der Waals surface area contributed by atoms with Crippen LogP contribution < -0.4 is 0 Å². The molecule has 0 unspecified atom stereocenters. The van der Waals surface area contributed by atoms with E-state index in [0.29, 0.717) is 25.2 Å². The predicted octanol–water partition coefficient (Wildman–Crippen LogP) is 2.60. The SMILES string of the molecule is Cc1[nH]nc(CCC(=O)N2CCC3(CCC(=O)N(CC4CC4)C3)CC2)c1C. The van der Waals surface area contributed by atoms with E-state index in [2.05, 4.69) is 22.0 Å². The highest BCUT2D eigenvalue weighted by Gasteiger charge is 2.42. The third kappa shape index (κ3) is 4.04. The van der Waals surface area contributed by atoms with E-state index in [1.165, 1.54) is 18.4 Å². The molecule has 6 nitrogen and oxygen atoms in total. The Kier molecular flexibility index (Phi) is 4.99. The fourth-order valence-electron chi connectivity index (χ4n) is 4.68. The van der Waals surface area contributed by atoms with Crippen molar-refractivity contribution in [2.75, 3.05) is 26.2 Å². The van der Waals surface area contributed by atoms with E-state index in [9.17, 15) is 9.59 Å². The molecule has 1 spiro atoms. The molecule has 0 aromatic carbocycles. The van der Waals surface area contributed by atoms with Gasteiger partial charge in [0.1, 0.15) is 0 Å². The van der Waals surface area contributed by atoms with Crippen LogP contribution >= 0.6 is 0 Å². The van der Waals surface area contributed by atoms with Crippen LogP contribution in [-0.4, -0.2) is 58.0 Å². The number of aromatic amines is 1. The number of carbonyl (C=O) groups is 2. The van der Waals surface area contributed by atoms with Gasteiger partial charge >= 0.3 is 0 Å². The Morgan fingerprint density at radius 3 is 2.59 bits per heavy atom. The Morgan fingerprint density at radius 2 is 1.96 bits per heavy atom. The third-order valence-corrected chi connectivity index (χ3v) is 7.03. The minimum Gasteiger partial charge on any atom is -0.343 e. The van der Waals surface area contributed by atoms with Crippen molar-refractivity contribution in [1.82, 2.24) is 20.0 Å².